The molecule has 0 saturated heterocycles. The minimum atomic E-state index is -3.61. The van der Waals surface area contributed by atoms with E-state index in [4.69, 9.17) is 9.97 Å². The molecule has 3 heterocycles. The van der Waals surface area contributed by atoms with Crippen molar-refractivity contribution in [3.63, 3.8) is 0 Å². The van der Waals surface area contributed by atoms with Crippen molar-refractivity contribution in [2.24, 2.45) is 0 Å². The van der Waals surface area contributed by atoms with Crippen LogP contribution in [-0.4, -0.2) is 48.9 Å². The number of aromatic nitrogens is 4. The molecule has 210 valence electrons. The summed E-state index contributed by atoms with van der Waals surface area (Å²) in [5, 5.41) is 0. The average molecular weight is 589 g/mol. The Bertz CT molecular complexity index is 1970. The van der Waals surface area contributed by atoms with Crippen molar-refractivity contribution in [3.8, 4) is 28.3 Å². The van der Waals surface area contributed by atoms with Gasteiger partial charge < -0.3 is 0 Å². The van der Waals surface area contributed by atoms with Crippen LogP contribution in [0.1, 0.15) is 24.8 Å². The molecule has 41 heavy (non-hydrogen) atoms. The molecule has 3 aromatic heterocycles. The third kappa shape index (κ3) is 5.45. The summed E-state index contributed by atoms with van der Waals surface area (Å²) < 4.78 is 55.7. The quantitative estimate of drug-likeness (QED) is 0.273. The van der Waals surface area contributed by atoms with Crippen LogP contribution >= 0.6 is 0 Å². The minimum absolute atomic E-state index is 0.150. The number of hydrogen-bond donors (Lipinski definition) is 2. The van der Waals surface area contributed by atoms with E-state index in [0.29, 0.717) is 22.6 Å². The molecule has 0 atom stereocenters. The Balaban J connectivity index is 1.54. The van der Waals surface area contributed by atoms with E-state index < -0.39 is 25.6 Å². The molecule has 12 heteroatoms. The highest BCUT2D eigenvalue weighted by molar-refractivity contribution is 7.92. The average Bonchev–Trinajstić information content (AvgIpc) is 3.29. The molecule has 0 radical (unpaired) electrons. The molecule has 5 aromatic rings. The highest BCUT2D eigenvalue weighted by Gasteiger charge is 2.41. The molecule has 0 unspecified atom stereocenters. The van der Waals surface area contributed by atoms with Crippen LogP contribution in [0.25, 0.3) is 39.5 Å². The fourth-order valence-electron chi connectivity index (χ4n) is 5.26. The number of anilines is 1. The van der Waals surface area contributed by atoms with E-state index in [1.165, 1.54) is 12.5 Å². The van der Waals surface area contributed by atoms with Crippen molar-refractivity contribution in [1.82, 2.24) is 24.2 Å². The number of imidazole rings is 1. The molecule has 1 aliphatic rings. The number of pyridine rings is 2. The predicted octanol–water partition coefficient (Wildman–Crippen LogP) is 4.45. The van der Waals surface area contributed by atoms with Gasteiger partial charge in [0, 0.05) is 17.4 Å². The molecule has 10 nitrogen and oxygen atoms in total. The summed E-state index contributed by atoms with van der Waals surface area (Å²) in [5.74, 6) is 0.606. The number of rotatable bonds is 8. The van der Waals surface area contributed by atoms with Gasteiger partial charge in [-0.15, -0.1) is 0 Å². The maximum atomic E-state index is 12.1. The molecule has 1 fully saturated rings. The van der Waals surface area contributed by atoms with Gasteiger partial charge >= 0.3 is 0 Å². The summed E-state index contributed by atoms with van der Waals surface area (Å²) in [6, 6.07) is 24.7. The zero-order valence-electron chi connectivity index (χ0n) is 22.4. The minimum Gasteiger partial charge on any atom is -0.277 e. The highest BCUT2D eigenvalue weighted by Crippen LogP contribution is 2.42. The molecule has 6 rings (SSSR count). The third-order valence-corrected chi connectivity index (χ3v) is 8.50. The van der Waals surface area contributed by atoms with E-state index in [0.717, 1.165) is 48.0 Å². The number of fused-ring (bicyclic) bond motifs is 1. The Labute approximate surface area is 238 Å². The molecule has 1 saturated carbocycles. The molecule has 0 bridgehead atoms. The van der Waals surface area contributed by atoms with E-state index in [-0.39, 0.29) is 5.82 Å². The first-order valence-corrected chi connectivity index (χ1v) is 16.8. The Morgan fingerprint density at radius 2 is 1.54 bits per heavy atom. The summed E-state index contributed by atoms with van der Waals surface area (Å²) in [4.78, 5) is 14.1. The molecule has 2 aromatic carbocycles. The van der Waals surface area contributed by atoms with Gasteiger partial charge in [-0.25, -0.2) is 36.5 Å². The second-order valence-electron chi connectivity index (χ2n) is 10.3. The van der Waals surface area contributed by atoms with Gasteiger partial charge in [0.2, 0.25) is 20.0 Å². The summed E-state index contributed by atoms with van der Waals surface area (Å²) in [6.07, 6.45) is 6.13. The van der Waals surface area contributed by atoms with Crippen molar-refractivity contribution in [3.05, 3.63) is 90.6 Å². The van der Waals surface area contributed by atoms with E-state index in [1.807, 2.05) is 71.3 Å². The molecular formula is C29H28N6O4S2. The van der Waals surface area contributed by atoms with Gasteiger partial charge in [-0.2, -0.15) is 0 Å². The Hall–Kier alpha value is -4.13. The fraction of sp³-hybridized carbons (Fsp3) is 0.207. The van der Waals surface area contributed by atoms with Crippen LogP contribution < -0.4 is 9.44 Å². The van der Waals surface area contributed by atoms with Crippen LogP contribution in [0.4, 0.5) is 5.82 Å². The van der Waals surface area contributed by atoms with Crippen molar-refractivity contribution in [1.29, 1.82) is 0 Å². The molecule has 2 N–H and O–H groups in total. The lowest BCUT2D eigenvalue weighted by Gasteiger charge is -2.42. The van der Waals surface area contributed by atoms with Gasteiger partial charge in [0.25, 0.3) is 0 Å². The number of nitrogens with one attached hydrogen (secondary N) is 2. The van der Waals surface area contributed by atoms with Crippen LogP contribution in [0, 0.1) is 0 Å². The van der Waals surface area contributed by atoms with E-state index in [2.05, 4.69) is 14.4 Å². The zero-order chi connectivity index (χ0) is 28.8. The second-order valence-corrected chi connectivity index (χ2v) is 13.8. The summed E-state index contributed by atoms with van der Waals surface area (Å²) in [6.45, 7) is 0. The molecule has 0 spiro atoms. The summed E-state index contributed by atoms with van der Waals surface area (Å²) in [7, 11) is -7.02. The van der Waals surface area contributed by atoms with Gasteiger partial charge in [0.15, 0.2) is 11.5 Å². The number of sulfonamides is 2. The van der Waals surface area contributed by atoms with Crippen molar-refractivity contribution in [2.75, 3.05) is 17.2 Å². The van der Waals surface area contributed by atoms with Gasteiger partial charge in [0.1, 0.15) is 11.3 Å². The fourth-order valence-corrected chi connectivity index (χ4v) is 6.80. The first-order chi connectivity index (χ1) is 19.5. The molecule has 1 aliphatic carbocycles. The van der Waals surface area contributed by atoms with E-state index in [9.17, 15) is 16.8 Å². The largest absolute Gasteiger partial charge is 0.277 e. The van der Waals surface area contributed by atoms with Crippen LogP contribution in [0.2, 0.25) is 0 Å². The van der Waals surface area contributed by atoms with Crippen LogP contribution in [0.15, 0.2) is 85.1 Å². The predicted molar refractivity (Wildman–Crippen MR) is 160 cm³/mol. The smallest absolute Gasteiger partial charge is 0.230 e. The lowest BCUT2D eigenvalue weighted by molar-refractivity contribution is 0.225. The van der Waals surface area contributed by atoms with Crippen molar-refractivity contribution < 1.29 is 16.8 Å². The standard InChI is InChI=1S/C29H28N6O4S2/c1-40(36,37)33-26-23(10-6-19-30-26)27-32-25-16-15-24(20-8-4-3-5-9-20)31-28(25)35(27)22-13-11-21(12-14-22)29(17-7-18-29)34-41(2,38)39/h3-6,8-16,19,34H,7,17-18H2,1-2H3,(H,30,33). The van der Waals surface area contributed by atoms with Crippen LogP contribution in [0.5, 0.6) is 0 Å². The Morgan fingerprint density at radius 1 is 0.805 bits per heavy atom. The highest BCUT2D eigenvalue weighted by atomic mass is 32.2. The van der Waals surface area contributed by atoms with Gasteiger partial charge in [-0.3, -0.25) is 9.29 Å². The summed E-state index contributed by atoms with van der Waals surface area (Å²) >= 11 is 0. The first kappa shape index (κ1) is 27.1. The summed E-state index contributed by atoms with van der Waals surface area (Å²) in [5.41, 5.74) is 4.36. The number of nitrogens with zero attached hydrogens (tertiary/aromatic N) is 4. The lowest BCUT2D eigenvalue weighted by atomic mass is 9.73. The Morgan fingerprint density at radius 3 is 2.17 bits per heavy atom. The zero-order valence-corrected chi connectivity index (χ0v) is 24.1. The maximum absolute atomic E-state index is 12.1. The maximum Gasteiger partial charge on any atom is 0.230 e. The van der Waals surface area contributed by atoms with Gasteiger partial charge in [0.05, 0.1) is 29.3 Å². The van der Waals surface area contributed by atoms with Crippen molar-refractivity contribution >= 4 is 37.0 Å². The van der Waals surface area contributed by atoms with Crippen LogP contribution in [0.3, 0.4) is 0 Å². The van der Waals surface area contributed by atoms with Gasteiger partial charge in [-0.05, 0) is 61.2 Å². The molecule has 0 amide bonds. The first-order valence-electron chi connectivity index (χ1n) is 13.0. The normalized spacial score (nSPS) is 15.0. The molecular weight excluding hydrogens is 560 g/mol. The van der Waals surface area contributed by atoms with Crippen LogP contribution in [-0.2, 0) is 25.6 Å². The van der Waals surface area contributed by atoms with E-state index >= 15 is 0 Å². The topological polar surface area (TPSA) is 136 Å². The Kier molecular flexibility index (Phi) is 6.63. The molecule has 0 aliphatic heterocycles. The second kappa shape index (κ2) is 10.1. The van der Waals surface area contributed by atoms with Gasteiger partial charge in [-0.1, -0.05) is 42.5 Å². The number of benzene rings is 2. The lowest BCUT2D eigenvalue weighted by Crippen LogP contribution is -2.50. The third-order valence-electron chi connectivity index (χ3n) is 7.17. The van der Waals surface area contributed by atoms with E-state index in [1.54, 1.807) is 12.1 Å². The monoisotopic (exact) mass is 588 g/mol. The SMILES string of the molecule is CS(=O)(=O)Nc1ncccc1-c1nc2ccc(-c3ccccc3)nc2n1-c1ccc(C2(NS(C)(=O)=O)CCC2)cc1. The van der Waals surface area contributed by atoms with Crippen molar-refractivity contribution in [2.45, 2.75) is 24.8 Å². The number of hydrogen-bond acceptors (Lipinski definition) is 7.